The maximum atomic E-state index is 13.8. The lowest BCUT2D eigenvalue weighted by molar-refractivity contribution is -0.124. The van der Waals surface area contributed by atoms with E-state index in [0.29, 0.717) is 22.9 Å². The first-order valence-electron chi connectivity index (χ1n) is 13.2. The Bertz CT molecular complexity index is 1720. The highest BCUT2D eigenvalue weighted by atomic mass is 16.1. The summed E-state index contributed by atoms with van der Waals surface area (Å²) in [6.45, 7) is 7.90. The van der Waals surface area contributed by atoms with Crippen molar-refractivity contribution in [1.82, 2.24) is 29.1 Å². The molecule has 2 unspecified atom stereocenters. The fraction of sp³-hybridized carbons (Fsp3) is 0.194. The second-order valence-corrected chi connectivity index (χ2v) is 10.1. The van der Waals surface area contributed by atoms with E-state index in [-0.39, 0.29) is 5.78 Å². The highest BCUT2D eigenvalue weighted by Gasteiger charge is 2.26. The Labute approximate surface area is 231 Å². The van der Waals surface area contributed by atoms with Gasteiger partial charge in [0.1, 0.15) is 35.6 Å². The highest BCUT2D eigenvalue weighted by molar-refractivity contribution is 5.94. The first-order chi connectivity index (χ1) is 19.4. The lowest BCUT2D eigenvalue weighted by Crippen LogP contribution is -2.25. The summed E-state index contributed by atoms with van der Waals surface area (Å²) >= 11 is 0. The van der Waals surface area contributed by atoms with Crippen molar-refractivity contribution in [3.05, 3.63) is 96.8 Å². The number of Topliss-reactive ketones (excluding diaryl/α,β-unsaturated/α-hetero) is 1. The third-order valence-corrected chi connectivity index (χ3v) is 7.24. The lowest BCUT2D eigenvalue weighted by atomic mass is 10.1. The second kappa shape index (κ2) is 10.3. The molecule has 0 aliphatic rings. The third kappa shape index (κ3) is 4.66. The Hall–Kier alpha value is -5.05. The monoisotopic (exact) mass is 530 g/mol. The summed E-state index contributed by atoms with van der Waals surface area (Å²) in [7, 11) is 0. The fourth-order valence-electron chi connectivity index (χ4n) is 5.11. The number of anilines is 4. The van der Waals surface area contributed by atoms with Crippen LogP contribution in [0, 0.1) is 13.8 Å². The SMILES string of the molecule is Cc1cccc(Nc2ncnc3c2ccn3C(C)C(=O)C(C)n2ccc3c(Nc4cccc(C)c4)ncnc32)c1. The molecule has 4 aromatic heterocycles. The molecule has 0 bridgehead atoms. The number of ketones is 1. The van der Waals surface area contributed by atoms with Gasteiger partial charge in [0.05, 0.1) is 22.9 Å². The Morgan fingerprint density at radius 1 is 0.675 bits per heavy atom. The number of carbonyl (C=O) groups is 1. The molecule has 0 aliphatic carbocycles. The number of rotatable bonds is 8. The van der Waals surface area contributed by atoms with Crippen LogP contribution in [-0.2, 0) is 4.79 Å². The predicted octanol–water partition coefficient (Wildman–Crippen LogP) is 6.67. The summed E-state index contributed by atoms with van der Waals surface area (Å²) < 4.78 is 3.81. The molecule has 0 radical (unpaired) electrons. The minimum absolute atomic E-state index is 0.0358. The van der Waals surface area contributed by atoms with Crippen LogP contribution in [-0.4, -0.2) is 34.9 Å². The zero-order valence-electron chi connectivity index (χ0n) is 22.8. The third-order valence-electron chi connectivity index (χ3n) is 7.24. The van der Waals surface area contributed by atoms with Crippen LogP contribution in [0.4, 0.5) is 23.0 Å². The van der Waals surface area contributed by atoms with E-state index >= 15 is 0 Å². The van der Waals surface area contributed by atoms with E-state index in [1.165, 1.54) is 12.7 Å². The number of aromatic nitrogens is 6. The topological polar surface area (TPSA) is 103 Å². The van der Waals surface area contributed by atoms with Crippen LogP contribution in [0.5, 0.6) is 0 Å². The van der Waals surface area contributed by atoms with Crippen molar-refractivity contribution in [2.75, 3.05) is 10.6 Å². The van der Waals surface area contributed by atoms with Crippen molar-refractivity contribution in [3.63, 3.8) is 0 Å². The molecule has 0 spiro atoms. The van der Waals surface area contributed by atoms with Gasteiger partial charge >= 0.3 is 0 Å². The zero-order chi connectivity index (χ0) is 27.8. The number of hydrogen-bond acceptors (Lipinski definition) is 7. The van der Waals surface area contributed by atoms with Gasteiger partial charge in [-0.2, -0.15) is 0 Å². The minimum atomic E-state index is -0.460. The molecule has 200 valence electrons. The van der Waals surface area contributed by atoms with Crippen LogP contribution in [0.3, 0.4) is 0 Å². The molecule has 0 saturated heterocycles. The van der Waals surface area contributed by atoms with Gasteiger partial charge in [0, 0.05) is 23.8 Å². The van der Waals surface area contributed by atoms with Gasteiger partial charge in [-0.05, 0) is 75.2 Å². The van der Waals surface area contributed by atoms with Crippen molar-refractivity contribution in [1.29, 1.82) is 0 Å². The van der Waals surface area contributed by atoms with Gasteiger partial charge in [0.2, 0.25) is 0 Å². The fourth-order valence-corrected chi connectivity index (χ4v) is 5.11. The summed E-state index contributed by atoms with van der Waals surface area (Å²) in [5.74, 6) is 1.43. The molecule has 2 N–H and O–H groups in total. The molecule has 40 heavy (non-hydrogen) atoms. The van der Waals surface area contributed by atoms with Gasteiger partial charge in [-0.25, -0.2) is 19.9 Å². The van der Waals surface area contributed by atoms with Crippen LogP contribution in [0.1, 0.15) is 37.1 Å². The minimum Gasteiger partial charge on any atom is -0.340 e. The van der Waals surface area contributed by atoms with E-state index in [9.17, 15) is 4.79 Å². The normalized spacial score (nSPS) is 12.9. The zero-order valence-corrected chi connectivity index (χ0v) is 22.8. The Morgan fingerprint density at radius 3 is 1.55 bits per heavy atom. The maximum absolute atomic E-state index is 13.8. The quantitative estimate of drug-likeness (QED) is 0.226. The van der Waals surface area contributed by atoms with E-state index in [4.69, 9.17) is 0 Å². The Kier molecular flexibility index (Phi) is 6.47. The standard InChI is InChI=1S/C31H30N8O/c1-19-7-5-9-23(15-19)36-28-25-11-13-38(30(25)34-17-32-28)21(3)27(40)22(4)39-14-12-26-29(33-18-35-31(26)39)37-24-10-6-8-20(2)16-24/h5-18,21-22H,1-4H3,(H,32,34,36)(H,33,35,37). The van der Waals surface area contributed by atoms with Crippen molar-refractivity contribution in [2.24, 2.45) is 0 Å². The van der Waals surface area contributed by atoms with Crippen LogP contribution >= 0.6 is 0 Å². The van der Waals surface area contributed by atoms with Crippen molar-refractivity contribution in [3.8, 4) is 0 Å². The number of nitrogens with zero attached hydrogens (tertiary/aromatic N) is 6. The Morgan fingerprint density at radius 2 is 1.12 bits per heavy atom. The van der Waals surface area contributed by atoms with E-state index in [2.05, 4.69) is 42.7 Å². The van der Waals surface area contributed by atoms with Crippen LogP contribution in [0.2, 0.25) is 0 Å². The first kappa shape index (κ1) is 25.2. The number of benzene rings is 2. The summed E-state index contributed by atoms with van der Waals surface area (Å²) in [5.41, 5.74) is 5.60. The predicted molar refractivity (Wildman–Crippen MR) is 158 cm³/mol. The average molecular weight is 531 g/mol. The molecule has 0 amide bonds. The smallest absolute Gasteiger partial charge is 0.177 e. The summed E-state index contributed by atoms with van der Waals surface area (Å²) in [4.78, 5) is 31.7. The number of aryl methyl sites for hydroxylation is 2. The molecule has 0 aliphatic heterocycles. The molecule has 0 fully saturated rings. The average Bonchev–Trinajstić information content (AvgIpc) is 3.58. The van der Waals surface area contributed by atoms with Gasteiger partial charge in [0.25, 0.3) is 0 Å². The van der Waals surface area contributed by atoms with Gasteiger partial charge in [-0.15, -0.1) is 0 Å². The maximum Gasteiger partial charge on any atom is 0.177 e. The van der Waals surface area contributed by atoms with Gasteiger partial charge in [-0.1, -0.05) is 24.3 Å². The van der Waals surface area contributed by atoms with Gasteiger partial charge < -0.3 is 19.8 Å². The van der Waals surface area contributed by atoms with Crippen LogP contribution in [0.15, 0.2) is 85.7 Å². The molecular weight excluding hydrogens is 500 g/mol. The second-order valence-electron chi connectivity index (χ2n) is 10.1. The lowest BCUT2D eigenvalue weighted by Gasteiger charge is -2.20. The molecular formula is C31H30N8O. The molecule has 2 atom stereocenters. The van der Waals surface area contributed by atoms with E-state index in [0.717, 1.165) is 33.3 Å². The molecule has 0 saturated carbocycles. The van der Waals surface area contributed by atoms with Crippen molar-refractivity contribution < 1.29 is 4.79 Å². The van der Waals surface area contributed by atoms with E-state index in [1.807, 2.05) is 97.8 Å². The summed E-state index contributed by atoms with van der Waals surface area (Å²) in [5, 5.41) is 8.47. The molecule has 9 nitrogen and oxygen atoms in total. The van der Waals surface area contributed by atoms with E-state index < -0.39 is 12.1 Å². The summed E-state index contributed by atoms with van der Waals surface area (Å²) in [6, 6.07) is 19.2. The summed E-state index contributed by atoms with van der Waals surface area (Å²) in [6.07, 6.45) is 6.85. The largest absolute Gasteiger partial charge is 0.340 e. The Balaban J connectivity index is 1.27. The highest BCUT2D eigenvalue weighted by Crippen LogP contribution is 2.30. The molecule has 6 rings (SSSR count). The first-order valence-corrected chi connectivity index (χ1v) is 13.2. The molecule has 2 aromatic carbocycles. The van der Waals surface area contributed by atoms with E-state index in [1.54, 1.807) is 0 Å². The van der Waals surface area contributed by atoms with Crippen molar-refractivity contribution in [2.45, 2.75) is 39.8 Å². The number of fused-ring (bicyclic) bond motifs is 2. The van der Waals surface area contributed by atoms with Gasteiger partial charge in [0.15, 0.2) is 5.78 Å². The molecule has 4 heterocycles. The number of carbonyl (C=O) groups excluding carboxylic acids is 1. The number of hydrogen-bond donors (Lipinski definition) is 2. The van der Waals surface area contributed by atoms with Gasteiger partial charge in [-0.3, -0.25) is 4.79 Å². The van der Waals surface area contributed by atoms with Crippen LogP contribution in [0.25, 0.3) is 22.1 Å². The number of nitrogens with one attached hydrogen (secondary N) is 2. The van der Waals surface area contributed by atoms with Crippen LogP contribution < -0.4 is 10.6 Å². The molecule has 6 aromatic rings. The molecule has 9 heteroatoms. The van der Waals surface area contributed by atoms with Crippen molar-refractivity contribution >= 4 is 50.9 Å².